The Morgan fingerprint density at radius 1 is 1.26 bits per heavy atom. The van der Waals surface area contributed by atoms with Gasteiger partial charge in [-0.15, -0.1) is 0 Å². The van der Waals surface area contributed by atoms with Gasteiger partial charge in [0.05, 0.1) is 0 Å². The highest BCUT2D eigenvalue weighted by atomic mass is 16.2. The lowest BCUT2D eigenvalue weighted by atomic mass is 10.0. The second kappa shape index (κ2) is 4.53. The topological polar surface area (TPSA) is 69.3 Å². The van der Waals surface area contributed by atoms with E-state index in [0.717, 1.165) is 17.7 Å². The van der Waals surface area contributed by atoms with Crippen molar-refractivity contribution in [2.45, 2.75) is 19.9 Å². The van der Waals surface area contributed by atoms with Crippen molar-refractivity contribution in [2.75, 3.05) is 19.6 Å². The Bertz CT molecular complexity index is 553. The van der Waals surface area contributed by atoms with Crippen LogP contribution in [0.5, 0.6) is 0 Å². The van der Waals surface area contributed by atoms with Crippen LogP contribution in [0.2, 0.25) is 0 Å². The standard InChI is InChI=1S/C13H16N4O2/c1-9(18)17-7-4-11-10(8-17)12(15-14-11)13(19)16-5-2-3-6-16/h2-3H,4-8H2,1H3,(H,14,15). The molecule has 0 fully saturated rings. The number of fused-ring (bicyclic) bond motifs is 1. The van der Waals surface area contributed by atoms with E-state index in [1.807, 2.05) is 12.2 Å². The fraction of sp³-hybridized carbons (Fsp3) is 0.462. The molecular formula is C13H16N4O2. The highest BCUT2D eigenvalue weighted by molar-refractivity contribution is 5.94. The first kappa shape index (κ1) is 12.0. The van der Waals surface area contributed by atoms with Crippen LogP contribution >= 0.6 is 0 Å². The first-order valence-electron chi connectivity index (χ1n) is 6.42. The monoisotopic (exact) mass is 260 g/mol. The predicted molar refractivity (Wildman–Crippen MR) is 68.4 cm³/mol. The average molecular weight is 260 g/mol. The third kappa shape index (κ3) is 2.03. The number of aromatic nitrogens is 2. The van der Waals surface area contributed by atoms with Crippen molar-refractivity contribution in [3.63, 3.8) is 0 Å². The number of nitrogens with one attached hydrogen (secondary N) is 1. The first-order chi connectivity index (χ1) is 9.16. The molecule has 0 radical (unpaired) electrons. The van der Waals surface area contributed by atoms with Crippen LogP contribution in [-0.4, -0.2) is 51.4 Å². The van der Waals surface area contributed by atoms with E-state index >= 15 is 0 Å². The minimum absolute atomic E-state index is 0.0353. The van der Waals surface area contributed by atoms with Gasteiger partial charge >= 0.3 is 0 Å². The molecule has 1 aromatic heterocycles. The zero-order chi connectivity index (χ0) is 13.4. The molecule has 0 saturated heterocycles. The van der Waals surface area contributed by atoms with Crippen LogP contribution in [-0.2, 0) is 17.8 Å². The molecule has 0 unspecified atom stereocenters. The van der Waals surface area contributed by atoms with Crippen LogP contribution in [0.1, 0.15) is 28.7 Å². The third-order valence-electron chi connectivity index (χ3n) is 3.69. The van der Waals surface area contributed by atoms with E-state index in [9.17, 15) is 9.59 Å². The van der Waals surface area contributed by atoms with Crippen molar-refractivity contribution in [3.8, 4) is 0 Å². The molecular weight excluding hydrogens is 244 g/mol. The van der Waals surface area contributed by atoms with Gasteiger partial charge in [0.1, 0.15) is 0 Å². The van der Waals surface area contributed by atoms with Gasteiger partial charge in [-0.25, -0.2) is 0 Å². The van der Waals surface area contributed by atoms with Crippen molar-refractivity contribution < 1.29 is 9.59 Å². The minimum atomic E-state index is -0.0621. The lowest BCUT2D eigenvalue weighted by Gasteiger charge is -2.26. The zero-order valence-corrected chi connectivity index (χ0v) is 10.8. The Balaban J connectivity index is 1.86. The summed E-state index contributed by atoms with van der Waals surface area (Å²) in [6, 6.07) is 0. The van der Waals surface area contributed by atoms with Crippen molar-refractivity contribution in [2.24, 2.45) is 0 Å². The maximum absolute atomic E-state index is 12.4. The number of aromatic amines is 1. The Morgan fingerprint density at radius 2 is 2.00 bits per heavy atom. The van der Waals surface area contributed by atoms with Gasteiger partial charge in [-0.2, -0.15) is 5.10 Å². The summed E-state index contributed by atoms with van der Waals surface area (Å²) in [5.74, 6) is -0.0269. The smallest absolute Gasteiger partial charge is 0.275 e. The lowest BCUT2D eigenvalue weighted by molar-refractivity contribution is -0.129. The largest absolute Gasteiger partial charge is 0.338 e. The fourth-order valence-electron chi connectivity index (χ4n) is 2.53. The van der Waals surface area contributed by atoms with Crippen LogP contribution in [0.15, 0.2) is 12.2 Å². The molecule has 6 heteroatoms. The molecule has 2 aliphatic rings. The molecule has 1 N–H and O–H groups in total. The van der Waals surface area contributed by atoms with Crippen molar-refractivity contribution >= 4 is 11.8 Å². The number of amides is 2. The molecule has 2 amide bonds. The maximum Gasteiger partial charge on any atom is 0.275 e. The molecule has 0 atom stereocenters. The average Bonchev–Trinajstić information content (AvgIpc) is 3.06. The van der Waals surface area contributed by atoms with E-state index in [4.69, 9.17) is 0 Å². The molecule has 6 nitrogen and oxygen atoms in total. The number of rotatable bonds is 1. The molecule has 1 aromatic rings. The van der Waals surface area contributed by atoms with Gasteiger partial charge < -0.3 is 9.80 Å². The number of nitrogens with zero attached hydrogens (tertiary/aromatic N) is 3. The Kier molecular flexibility index (Phi) is 2.85. The normalized spacial score (nSPS) is 17.7. The number of H-pyrrole nitrogens is 1. The fourth-order valence-corrected chi connectivity index (χ4v) is 2.53. The van der Waals surface area contributed by atoms with Crippen molar-refractivity contribution in [3.05, 3.63) is 29.1 Å². The Hall–Kier alpha value is -2.11. The number of hydrogen-bond acceptors (Lipinski definition) is 3. The lowest BCUT2D eigenvalue weighted by Crippen LogP contribution is -2.36. The maximum atomic E-state index is 12.4. The second-order valence-corrected chi connectivity index (χ2v) is 4.90. The van der Waals surface area contributed by atoms with E-state index in [2.05, 4.69) is 10.2 Å². The zero-order valence-electron chi connectivity index (χ0n) is 10.8. The molecule has 2 aliphatic heterocycles. The highest BCUT2D eigenvalue weighted by Gasteiger charge is 2.28. The molecule has 0 saturated carbocycles. The molecule has 3 rings (SSSR count). The number of hydrogen-bond donors (Lipinski definition) is 1. The molecule has 0 aromatic carbocycles. The molecule has 19 heavy (non-hydrogen) atoms. The quantitative estimate of drug-likeness (QED) is 0.740. The van der Waals surface area contributed by atoms with Gasteiger partial charge in [0, 0.05) is 50.8 Å². The van der Waals surface area contributed by atoms with Crippen molar-refractivity contribution in [1.82, 2.24) is 20.0 Å². The summed E-state index contributed by atoms with van der Waals surface area (Å²) in [4.78, 5) is 27.3. The first-order valence-corrected chi connectivity index (χ1v) is 6.42. The van der Waals surface area contributed by atoms with Gasteiger partial charge in [-0.1, -0.05) is 12.2 Å². The van der Waals surface area contributed by atoms with E-state index in [-0.39, 0.29) is 11.8 Å². The SMILES string of the molecule is CC(=O)N1CCc2[nH]nc(C(=O)N3CC=CC3)c2C1. The minimum Gasteiger partial charge on any atom is -0.338 e. The molecule has 3 heterocycles. The van der Waals surface area contributed by atoms with Gasteiger partial charge in [-0.05, 0) is 0 Å². The molecule has 100 valence electrons. The van der Waals surface area contributed by atoms with Gasteiger partial charge in [0.15, 0.2) is 5.69 Å². The predicted octanol–water partition coefficient (Wildman–Crippen LogP) is 0.326. The van der Waals surface area contributed by atoms with Crippen LogP contribution < -0.4 is 0 Å². The summed E-state index contributed by atoms with van der Waals surface area (Å²) < 4.78 is 0. The van der Waals surface area contributed by atoms with E-state index in [1.54, 1.807) is 16.7 Å². The van der Waals surface area contributed by atoms with Gasteiger partial charge in [0.2, 0.25) is 5.91 Å². The van der Waals surface area contributed by atoms with Crippen LogP contribution in [0.4, 0.5) is 0 Å². The summed E-state index contributed by atoms with van der Waals surface area (Å²) in [7, 11) is 0. The van der Waals surface area contributed by atoms with Crippen molar-refractivity contribution in [1.29, 1.82) is 0 Å². The summed E-state index contributed by atoms with van der Waals surface area (Å²) >= 11 is 0. The third-order valence-corrected chi connectivity index (χ3v) is 3.69. The summed E-state index contributed by atoms with van der Waals surface area (Å²) in [6.07, 6.45) is 4.67. The summed E-state index contributed by atoms with van der Waals surface area (Å²) in [5.41, 5.74) is 2.32. The van der Waals surface area contributed by atoms with Gasteiger partial charge in [-0.3, -0.25) is 14.7 Å². The second-order valence-electron chi connectivity index (χ2n) is 4.90. The Morgan fingerprint density at radius 3 is 2.68 bits per heavy atom. The highest BCUT2D eigenvalue weighted by Crippen LogP contribution is 2.22. The van der Waals surface area contributed by atoms with Crippen LogP contribution in [0, 0.1) is 0 Å². The molecule has 0 aliphatic carbocycles. The summed E-state index contributed by atoms with van der Waals surface area (Å²) in [5, 5.41) is 7.09. The van der Waals surface area contributed by atoms with E-state index in [0.29, 0.717) is 31.9 Å². The Labute approximate surface area is 111 Å². The summed E-state index contributed by atoms with van der Waals surface area (Å²) in [6.45, 7) is 3.98. The van der Waals surface area contributed by atoms with Crippen LogP contribution in [0.25, 0.3) is 0 Å². The van der Waals surface area contributed by atoms with E-state index < -0.39 is 0 Å². The van der Waals surface area contributed by atoms with Crippen LogP contribution in [0.3, 0.4) is 0 Å². The number of carbonyl (C=O) groups excluding carboxylic acids is 2. The molecule has 0 bridgehead atoms. The van der Waals surface area contributed by atoms with Gasteiger partial charge in [0.25, 0.3) is 5.91 Å². The number of carbonyl (C=O) groups is 2. The molecule has 0 spiro atoms. The van der Waals surface area contributed by atoms with E-state index in [1.165, 1.54) is 0 Å².